The van der Waals surface area contributed by atoms with E-state index in [1.54, 1.807) is 0 Å². The topological polar surface area (TPSA) is 83.8 Å². The second-order valence-corrected chi connectivity index (χ2v) is 13.3. The summed E-state index contributed by atoms with van der Waals surface area (Å²) in [5.74, 6) is -0.319. The highest BCUT2D eigenvalue weighted by molar-refractivity contribution is 5.86. The molecule has 0 aromatic heterocycles. The van der Waals surface area contributed by atoms with Crippen LogP contribution in [-0.2, 0) is 35.3 Å². The Hall–Kier alpha value is -4.90. The summed E-state index contributed by atoms with van der Waals surface area (Å²) in [5.41, 5.74) is 10.2. The lowest BCUT2D eigenvalue weighted by Crippen LogP contribution is -2.11. The third-order valence-electron chi connectivity index (χ3n) is 8.45. The van der Waals surface area contributed by atoms with Crippen LogP contribution in [0.25, 0.3) is 33.0 Å². The van der Waals surface area contributed by atoms with E-state index < -0.39 is 18.5 Å². The number of fused-ring (bicyclic) bond motifs is 1. The third-order valence-corrected chi connectivity index (χ3v) is 8.45. The summed E-state index contributed by atoms with van der Waals surface area (Å²) in [6, 6.07) is 33.8. The fraction of sp³-hybridized carbons (Fsp3) is 0.286. The highest BCUT2D eigenvalue weighted by Crippen LogP contribution is 2.36. The van der Waals surface area contributed by atoms with E-state index >= 15 is 0 Å². The maximum Gasteiger partial charge on any atom is 0.341 e. The van der Waals surface area contributed by atoms with Gasteiger partial charge in [-0.1, -0.05) is 113 Å². The van der Waals surface area contributed by atoms with Crippen molar-refractivity contribution in [3.63, 3.8) is 0 Å². The fourth-order valence-electron chi connectivity index (χ4n) is 6.41. The zero-order valence-corrected chi connectivity index (χ0v) is 27.8. The third kappa shape index (κ3) is 8.68. The molecule has 0 aliphatic heterocycles. The Labute approximate surface area is 277 Å². The summed E-state index contributed by atoms with van der Waals surface area (Å²) >= 11 is 0. The van der Waals surface area contributed by atoms with Crippen LogP contribution < -0.4 is 4.74 Å². The first-order valence-electron chi connectivity index (χ1n) is 16.5. The average Bonchev–Trinajstić information content (AvgIpc) is 3.03. The van der Waals surface area contributed by atoms with Crippen molar-refractivity contribution < 1.29 is 24.5 Å². The zero-order chi connectivity index (χ0) is 33.5. The summed E-state index contributed by atoms with van der Waals surface area (Å²) in [4.78, 5) is 22.6. The van der Waals surface area contributed by atoms with E-state index in [4.69, 9.17) is 4.74 Å². The molecule has 2 N–H and O–H groups in total. The number of rotatable bonds is 14. The Morgan fingerprint density at radius 1 is 0.638 bits per heavy atom. The van der Waals surface area contributed by atoms with Crippen molar-refractivity contribution in [3.05, 3.63) is 125 Å². The van der Waals surface area contributed by atoms with E-state index in [9.17, 15) is 19.8 Å². The van der Waals surface area contributed by atoms with Gasteiger partial charge in [0.05, 0.1) is 0 Å². The summed E-state index contributed by atoms with van der Waals surface area (Å²) in [6.07, 6.45) is 3.05. The fourth-order valence-corrected chi connectivity index (χ4v) is 6.41. The molecule has 0 aliphatic rings. The van der Waals surface area contributed by atoms with Crippen LogP contribution in [0.1, 0.15) is 61.9 Å². The highest BCUT2D eigenvalue weighted by Gasteiger charge is 2.16. The van der Waals surface area contributed by atoms with Crippen LogP contribution in [0.15, 0.2) is 97.1 Å². The summed E-state index contributed by atoms with van der Waals surface area (Å²) < 4.78 is 5.80. The van der Waals surface area contributed by atoms with E-state index in [1.165, 1.54) is 22.1 Å². The molecule has 0 heterocycles. The Morgan fingerprint density at radius 3 is 1.94 bits per heavy atom. The van der Waals surface area contributed by atoms with Gasteiger partial charge in [-0.3, -0.25) is 4.79 Å². The lowest BCUT2D eigenvalue weighted by atomic mass is 9.86. The first-order chi connectivity index (χ1) is 22.6. The quantitative estimate of drug-likeness (QED) is 0.128. The van der Waals surface area contributed by atoms with Crippen molar-refractivity contribution in [3.8, 4) is 28.0 Å². The van der Waals surface area contributed by atoms with E-state index in [-0.39, 0.29) is 6.42 Å². The van der Waals surface area contributed by atoms with Gasteiger partial charge in [-0.15, -0.1) is 0 Å². The molecule has 5 nitrogen and oxygen atoms in total. The molecule has 0 amide bonds. The molecule has 0 radical (unpaired) electrons. The lowest BCUT2D eigenvalue weighted by Gasteiger charge is -2.19. The van der Waals surface area contributed by atoms with Gasteiger partial charge in [0.1, 0.15) is 5.75 Å². The molecule has 5 rings (SSSR count). The SMILES string of the molecule is CC(C)Cc1cc(CCC(=O)O)ccc1-c1ccc(-c2ccc(OCC(=O)O)c(Cc3cccc4ccccc34)c2)c(CC(C)C)c1. The molecule has 5 aromatic carbocycles. The number of carboxylic acid groups (broad SMARTS) is 2. The van der Waals surface area contributed by atoms with Crippen LogP contribution in [0.4, 0.5) is 0 Å². The number of hydrogen-bond acceptors (Lipinski definition) is 3. The Balaban J connectivity index is 1.57. The minimum atomic E-state index is -1.01. The number of benzene rings is 5. The zero-order valence-electron chi connectivity index (χ0n) is 27.8. The van der Waals surface area contributed by atoms with Crippen LogP contribution in [0.5, 0.6) is 5.75 Å². The molecule has 242 valence electrons. The number of aliphatic carboxylic acids is 2. The molecular weight excluding hydrogens is 584 g/mol. The van der Waals surface area contributed by atoms with Crippen LogP contribution in [0.3, 0.4) is 0 Å². The number of ether oxygens (including phenoxy) is 1. The van der Waals surface area contributed by atoms with Gasteiger partial charge >= 0.3 is 11.9 Å². The molecule has 5 heteroatoms. The van der Waals surface area contributed by atoms with Gasteiger partial charge in [0.15, 0.2) is 6.61 Å². The molecule has 0 saturated heterocycles. The molecular formula is C42H44O5. The van der Waals surface area contributed by atoms with Crippen molar-refractivity contribution in [1.82, 2.24) is 0 Å². The molecule has 0 unspecified atom stereocenters. The second kappa shape index (κ2) is 15.1. The second-order valence-electron chi connectivity index (χ2n) is 13.3. The van der Waals surface area contributed by atoms with Crippen molar-refractivity contribution in [2.75, 3.05) is 6.61 Å². The molecule has 0 aliphatic carbocycles. The molecule has 0 fully saturated rings. The van der Waals surface area contributed by atoms with Gasteiger partial charge in [-0.25, -0.2) is 4.79 Å². The van der Waals surface area contributed by atoms with Gasteiger partial charge in [-0.2, -0.15) is 0 Å². The van der Waals surface area contributed by atoms with Crippen LogP contribution in [0.2, 0.25) is 0 Å². The number of carbonyl (C=O) groups is 2. The average molecular weight is 629 g/mol. The largest absolute Gasteiger partial charge is 0.482 e. The predicted molar refractivity (Wildman–Crippen MR) is 190 cm³/mol. The van der Waals surface area contributed by atoms with Crippen molar-refractivity contribution in [2.24, 2.45) is 11.8 Å². The molecule has 5 aromatic rings. The number of aryl methyl sites for hydroxylation is 1. The van der Waals surface area contributed by atoms with Crippen LogP contribution in [0, 0.1) is 11.8 Å². The summed E-state index contributed by atoms with van der Waals surface area (Å²) in [7, 11) is 0. The van der Waals surface area contributed by atoms with Gasteiger partial charge in [0.2, 0.25) is 0 Å². The highest BCUT2D eigenvalue weighted by atomic mass is 16.5. The standard InChI is InChI=1S/C42H44O5/c1-27(2)20-34-22-29(13-19-41(43)44)12-16-38(34)32-14-17-39(35(23-32)21-28(3)4)33-15-18-40(47-26-42(45)46)36(25-33)24-31-10-7-9-30-8-5-6-11-37(30)31/h5-12,14-18,22-23,25,27-28H,13,19-21,24,26H2,1-4H3,(H,43,44)(H,45,46). The molecule has 0 atom stereocenters. The Morgan fingerprint density at radius 2 is 1.26 bits per heavy atom. The Kier molecular flexibility index (Phi) is 10.8. The monoisotopic (exact) mass is 628 g/mol. The minimum Gasteiger partial charge on any atom is -0.482 e. The van der Waals surface area contributed by atoms with Crippen LogP contribution >= 0.6 is 0 Å². The molecule has 0 bridgehead atoms. The molecule has 0 saturated carbocycles. The summed E-state index contributed by atoms with van der Waals surface area (Å²) in [6.45, 7) is 8.48. The van der Waals surface area contributed by atoms with Crippen molar-refractivity contribution >= 4 is 22.7 Å². The van der Waals surface area contributed by atoms with Gasteiger partial charge in [0.25, 0.3) is 0 Å². The first-order valence-corrected chi connectivity index (χ1v) is 16.5. The van der Waals surface area contributed by atoms with E-state index in [2.05, 4.69) is 100 Å². The van der Waals surface area contributed by atoms with E-state index in [0.717, 1.165) is 51.6 Å². The first kappa shape index (κ1) is 33.5. The number of carboxylic acids is 2. The smallest absolute Gasteiger partial charge is 0.341 e. The van der Waals surface area contributed by atoms with Gasteiger partial charge < -0.3 is 14.9 Å². The number of hydrogen-bond donors (Lipinski definition) is 2. The lowest BCUT2D eigenvalue weighted by molar-refractivity contribution is -0.139. The van der Waals surface area contributed by atoms with Crippen molar-refractivity contribution in [1.29, 1.82) is 0 Å². The van der Waals surface area contributed by atoms with Gasteiger partial charge in [0, 0.05) is 12.8 Å². The minimum absolute atomic E-state index is 0.121. The summed E-state index contributed by atoms with van der Waals surface area (Å²) in [5, 5.41) is 20.9. The van der Waals surface area contributed by atoms with E-state index in [1.807, 2.05) is 24.3 Å². The van der Waals surface area contributed by atoms with Crippen molar-refractivity contribution in [2.45, 2.75) is 59.8 Å². The Bertz CT molecular complexity index is 1880. The maximum atomic E-state index is 11.4. The maximum absolute atomic E-state index is 11.4. The normalized spacial score (nSPS) is 11.4. The van der Waals surface area contributed by atoms with Gasteiger partial charge in [-0.05, 0) is 104 Å². The molecule has 47 heavy (non-hydrogen) atoms. The van der Waals surface area contributed by atoms with Crippen LogP contribution in [-0.4, -0.2) is 28.8 Å². The predicted octanol–water partition coefficient (Wildman–Crippen LogP) is 9.64. The molecule has 0 spiro atoms. The van der Waals surface area contributed by atoms with E-state index in [0.29, 0.717) is 30.4 Å².